The highest BCUT2D eigenvalue weighted by Crippen LogP contribution is 2.45. The molecule has 3 aromatic rings. The topological polar surface area (TPSA) is 102 Å². The molecule has 0 spiro atoms. The number of halogens is 4. The third-order valence-corrected chi connectivity index (χ3v) is 6.91. The molecule has 0 saturated heterocycles. The molecule has 1 unspecified atom stereocenters. The molecular formula is C31H33ClF3N4O3. The van der Waals surface area contributed by atoms with Gasteiger partial charge >= 0.3 is 6.09 Å². The number of carbonyl (C=O) groups excluding carboxylic acids is 2. The van der Waals surface area contributed by atoms with Crippen LogP contribution in [0.4, 0.5) is 23.7 Å². The summed E-state index contributed by atoms with van der Waals surface area (Å²) in [6.07, 6.45) is 1.03. The number of rotatable bonds is 4. The Bertz CT molecular complexity index is 1470. The number of benzene rings is 2. The SMILES string of the molecule is CC(C)(C)OC(=O)NC1CC(F)(F)c2cc(F)c(-c3cncc(C(C)(C)C)c3)cc2N(Cc2ccc(Cl)cc2)C1=O.[N]. The van der Waals surface area contributed by atoms with Crippen LogP contribution in [0.2, 0.25) is 5.02 Å². The Balaban J connectivity index is 0.00000484. The van der Waals surface area contributed by atoms with Crippen molar-refractivity contribution in [3.05, 3.63) is 82.4 Å². The van der Waals surface area contributed by atoms with Crippen LogP contribution >= 0.6 is 11.6 Å². The van der Waals surface area contributed by atoms with E-state index in [0.29, 0.717) is 16.1 Å². The van der Waals surface area contributed by atoms with E-state index in [0.717, 1.165) is 16.5 Å². The number of nitrogens with one attached hydrogen (secondary N) is 1. The number of alkyl halides is 2. The smallest absolute Gasteiger partial charge is 0.408 e. The number of aromatic nitrogens is 1. The zero-order valence-corrected chi connectivity index (χ0v) is 25.0. The van der Waals surface area contributed by atoms with E-state index in [4.69, 9.17) is 16.3 Å². The molecule has 3 radical (unpaired) electrons. The molecule has 2 aromatic carbocycles. The lowest BCUT2D eigenvalue weighted by Gasteiger charge is -2.27. The lowest BCUT2D eigenvalue weighted by molar-refractivity contribution is -0.123. The summed E-state index contributed by atoms with van der Waals surface area (Å²) in [5.74, 6) is -5.33. The lowest BCUT2D eigenvalue weighted by atomic mass is 9.86. The minimum absolute atomic E-state index is 0. The first-order valence-corrected chi connectivity index (χ1v) is 13.6. The average Bonchev–Trinajstić information content (AvgIpc) is 2.92. The Kier molecular flexibility index (Phi) is 9.34. The molecule has 42 heavy (non-hydrogen) atoms. The van der Waals surface area contributed by atoms with Gasteiger partial charge < -0.3 is 15.0 Å². The highest BCUT2D eigenvalue weighted by atomic mass is 35.5. The second kappa shape index (κ2) is 11.9. The maximum absolute atomic E-state index is 15.8. The van der Waals surface area contributed by atoms with E-state index in [-0.39, 0.29) is 29.4 Å². The van der Waals surface area contributed by atoms with Crippen molar-refractivity contribution in [1.82, 2.24) is 16.5 Å². The molecule has 1 aromatic heterocycles. The molecule has 1 aliphatic heterocycles. The van der Waals surface area contributed by atoms with Crippen LogP contribution in [0.1, 0.15) is 64.7 Å². The molecule has 223 valence electrons. The molecule has 0 aliphatic carbocycles. The summed E-state index contributed by atoms with van der Waals surface area (Å²) in [4.78, 5) is 31.8. The van der Waals surface area contributed by atoms with E-state index in [1.54, 1.807) is 57.3 Å². The van der Waals surface area contributed by atoms with Gasteiger partial charge in [0.25, 0.3) is 5.92 Å². The molecule has 1 atom stereocenters. The molecule has 1 aliphatic rings. The highest BCUT2D eigenvalue weighted by Gasteiger charge is 2.47. The van der Waals surface area contributed by atoms with Gasteiger partial charge in [0.15, 0.2) is 0 Å². The van der Waals surface area contributed by atoms with Crippen LogP contribution in [0.15, 0.2) is 54.9 Å². The lowest BCUT2D eigenvalue weighted by Crippen LogP contribution is -2.49. The Morgan fingerprint density at radius 2 is 1.74 bits per heavy atom. The predicted octanol–water partition coefficient (Wildman–Crippen LogP) is 7.28. The van der Waals surface area contributed by atoms with Gasteiger partial charge in [-0.1, -0.05) is 44.5 Å². The van der Waals surface area contributed by atoms with Crippen molar-refractivity contribution in [3.63, 3.8) is 0 Å². The van der Waals surface area contributed by atoms with Crippen molar-refractivity contribution >= 4 is 29.3 Å². The molecule has 7 nitrogen and oxygen atoms in total. The number of ether oxygens (including phenoxy) is 1. The fraction of sp³-hybridized carbons (Fsp3) is 0.387. The number of anilines is 1. The first kappa shape index (κ1) is 32.9. The van der Waals surface area contributed by atoms with Crippen molar-refractivity contribution in [2.75, 3.05) is 4.90 Å². The summed E-state index contributed by atoms with van der Waals surface area (Å²) in [5, 5.41) is 2.77. The van der Waals surface area contributed by atoms with E-state index in [1.807, 2.05) is 20.8 Å². The van der Waals surface area contributed by atoms with Gasteiger partial charge in [-0.05, 0) is 67.6 Å². The largest absolute Gasteiger partial charge is 0.444 e. The third kappa shape index (κ3) is 7.41. The zero-order chi connectivity index (χ0) is 30.3. The Hall–Kier alpha value is -3.63. The number of alkyl carbamates (subject to hydrolysis) is 1. The summed E-state index contributed by atoms with van der Waals surface area (Å²) in [5.41, 5.74) is -0.216. The number of carbonyl (C=O) groups is 2. The van der Waals surface area contributed by atoms with Crippen LogP contribution in [-0.4, -0.2) is 28.6 Å². The van der Waals surface area contributed by atoms with E-state index >= 15 is 13.2 Å². The van der Waals surface area contributed by atoms with Gasteiger partial charge in [0.1, 0.15) is 17.5 Å². The third-order valence-electron chi connectivity index (χ3n) is 6.66. The Morgan fingerprint density at radius 3 is 2.33 bits per heavy atom. The molecule has 2 amide bonds. The quantitative estimate of drug-likeness (QED) is 0.339. The van der Waals surface area contributed by atoms with E-state index < -0.39 is 47.4 Å². The Morgan fingerprint density at radius 1 is 1.10 bits per heavy atom. The van der Waals surface area contributed by atoms with Gasteiger partial charge in [0, 0.05) is 46.7 Å². The molecular weight excluding hydrogens is 569 g/mol. The van der Waals surface area contributed by atoms with Crippen LogP contribution in [0.25, 0.3) is 11.1 Å². The predicted molar refractivity (Wildman–Crippen MR) is 155 cm³/mol. The number of pyridine rings is 1. The van der Waals surface area contributed by atoms with Crippen molar-refractivity contribution in [2.24, 2.45) is 0 Å². The normalized spacial score (nSPS) is 16.7. The minimum atomic E-state index is -3.66. The van der Waals surface area contributed by atoms with Crippen LogP contribution in [-0.2, 0) is 27.4 Å². The van der Waals surface area contributed by atoms with Crippen molar-refractivity contribution in [2.45, 2.75) is 77.5 Å². The van der Waals surface area contributed by atoms with Crippen molar-refractivity contribution in [1.29, 1.82) is 0 Å². The van der Waals surface area contributed by atoms with E-state index in [1.165, 1.54) is 12.3 Å². The standard InChI is InChI=1S/C31H33ClF3N3O3.N/c1-29(2,3)20-11-19(15-36-16-20)22-12-26-23(13-24(22)33)31(34,35)14-25(37-28(40)41-30(4,5)6)27(39)38(26)17-18-7-9-21(32)10-8-18;/h7-13,15-16,25H,14,17H2,1-6H3,(H,37,40);. The number of hydrogen-bond donors (Lipinski definition) is 1. The molecule has 0 bridgehead atoms. The van der Waals surface area contributed by atoms with Crippen LogP contribution < -0.4 is 16.4 Å². The first-order valence-electron chi connectivity index (χ1n) is 13.2. The number of hydrogen-bond acceptors (Lipinski definition) is 4. The number of amides is 2. The first-order chi connectivity index (χ1) is 18.9. The monoisotopic (exact) mass is 601 g/mol. The van der Waals surface area contributed by atoms with Crippen molar-refractivity contribution < 1.29 is 27.5 Å². The molecule has 0 fully saturated rings. The Labute approximate surface area is 249 Å². The number of nitrogens with zero attached hydrogens (tertiary/aromatic N) is 3. The van der Waals surface area contributed by atoms with Gasteiger partial charge in [-0.15, -0.1) is 0 Å². The number of fused-ring (bicyclic) bond motifs is 1. The van der Waals surface area contributed by atoms with Gasteiger partial charge in [-0.2, -0.15) is 0 Å². The summed E-state index contributed by atoms with van der Waals surface area (Å²) in [6, 6.07) is 8.70. The van der Waals surface area contributed by atoms with Gasteiger partial charge in [0.2, 0.25) is 5.91 Å². The molecule has 0 saturated carbocycles. The molecule has 11 heteroatoms. The van der Waals surface area contributed by atoms with Gasteiger partial charge in [-0.25, -0.2) is 18.0 Å². The van der Waals surface area contributed by atoms with Gasteiger partial charge in [-0.3, -0.25) is 9.78 Å². The maximum atomic E-state index is 15.8. The second-order valence-electron chi connectivity index (χ2n) is 12.2. The highest BCUT2D eigenvalue weighted by molar-refractivity contribution is 6.30. The molecule has 1 N–H and O–H groups in total. The van der Waals surface area contributed by atoms with E-state index in [2.05, 4.69) is 10.3 Å². The van der Waals surface area contributed by atoms with Gasteiger partial charge in [0.05, 0.1) is 12.2 Å². The maximum Gasteiger partial charge on any atom is 0.408 e. The fourth-order valence-electron chi connectivity index (χ4n) is 4.56. The summed E-state index contributed by atoms with van der Waals surface area (Å²) < 4.78 is 52.4. The van der Waals surface area contributed by atoms with E-state index in [9.17, 15) is 9.59 Å². The summed E-state index contributed by atoms with van der Waals surface area (Å²) >= 11 is 6.02. The van der Waals surface area contributed by atoms with Crippen LogP contribution in [0.5, 0.6) is 0 Å². The molecule has 4 rings (SSSR count). The molecule has 2 heterocycles. The average molecular weight is 602 g/mol. The van der Waals surface area contributed by atoms with Crippen LogP contribution in [0, 0.1) is 5.82 Å². The summed E-state index contributed by atoms with van der Waals surface area (Å²) in [6.45, 7) is 10.7. The summed E-state index contributed by atoms with van der Waals surface area (Å²) in [7, 11) is 0. The van der Waals surface area contributed by atoms with Crippen molar-refractivity contribution in [3.8, 4) is 11.1 Å². The minimum Gasteiger partial charge on any atom is -0.444 e. The second-order valence-corrected chi connectivity index (χ2v) is 12.7. The zero-order valence-electron chi connectivity index (χ0n) is 24.3. The van der Waals surface area contributed by atoms with Crippen LogP contribution in [0.3, 0.4) is 0 Å². The fourth-order valence-corrected chi connectivity index (χ4v) is 4.68.